The second-order valence-corrected chi connectivity index (χ2v) is 13.1. The van der Waals surface area contributed by atoms with Gasteiger partial charge in [-0.05, 0) is 62.2 Å². The minimum absolute atomic E-state index is 0.123. The fourth-order valence-electron chi connectivity index (χ4n) is 4.89. The van der Waals surface area contributed by atoms with Gasteiger partial charge in [0.1, 0.15) is 0 Å². The lowest BCUT2D eigenvalue weighted by atomic mass is 10.0. The first kappa shape index (κ1) is 35.6. The summed E-state index contributed by atoms with van der Waals surface area (Å²) in [5.74, 6) is 1.27. The number of aryl methyl sites for hydroxylation is 1. The van der Waals surface area contributed by atoms with Crippen LogP contribution in [0.4, 0.5) is 0 Å². The lowest BCUT2D eigenvalue weighted by molar-refractivity contribution is 0.258. The van der Waals surface area contributed by atoms with Crippen LogP contribution < -0.4 is 14.3 Å². The summed E-state index contributed by atoms with van der Waals surface area (Å²) in [6.45, 7) is 7.50. The second kappa shape index (κ2) is 19.5. The Morgan fingerprint density at radius 3 is 1.82 bits per heavy atom. The topological polar surface area (TPSA) is 101 Å². The quantitative estimate of drug-likeness (QED) is 0.0718. The van der Waals surface area contributed by atoms with Gasteiger partial charge in [0.15, 0.2) is 11.5 Å². The molecule has 3 rings (SSSR count). The van der Waals surface area contributed by atoms with Crippen molar-refractivity contribution in [2.75, 3.05) is 13.2 Å². The first-order valence-electron chi connectivity index (χ1n) is 16.4. The van der Waals surface area contributed by atoms with Gasteiger partial charge in [0, 0.05) is 11.1 Å². The predicted molar refractivity (Wildman–Crippen MR) is 182 cm³/mol. The Balaban J connectivity index is 1.87. The van der Waals surface area contributed by atoms with E-state index in [1.165, 1.54) is 51.4 Å². The van der Waals surface area contributed by atoms with Gasteiger partial charge in [-0.3, -0.25) is 0 Å². The number of hydrazone groups is 1. The van der Waals surface area contributed by atoms with E-state index >= 15 is 0 Å². The fourth-order valence-corrected chi connectivity index (χ4v) is 5.70. The molecule has 0 saturated heterocycles. The van der Waals surface area contributed by atoms with Crippen LogP contribution >= 0.6 is 0 Å². The van der Waals surface area contributed by atoms with Gasteiger partial charge in [0.25, 0.3) is 10.0 Å². The van der Waals surface area contributed by atoms with E-state index in [4.69, 9.17) is 9.47 Å². The lowest BCUT2D eigenvalue weighted by Crippen LogP contribution is -2.21. The molecule has 3 aromatic rings. The SMILES string of the molecule is CCCCCCCCOc1ccc(/C(=N/NS(=O)(=O)c2ccc(C)cc2)c2ccc(C#N)cc2)cc1OCCCCCCCC. The molecule has 3 aromatic carbocycles. The van der Waals surface area contributed by atoms with Crippen LogP contribution in [-0.2, 0) is 10.0 Å². The summed E-state index contributed by atoms with van der Waals surface area (Å²) in [4.78, 5) is 2.54. The summed E-state index contributed by atoms with van der Waals surface area (Å²) in [7, 11) is -3.92. The number of nitriles is 1. The van der Waals surface area contributed by atoms with Crippen molar-refractivity contribution < 1.29 is 17.9 Å². The highest BCUT2D eigenvalue weighted by Gasteiger charge is 2.17. The van der Waals surface area contributed by atoms with Gasteiger partial charge in [0.05, 0.1) is 35.5 Å². The first-order valence-corrected chi connectivity index (χ1v) is 17.9. The summed E-state index contributed by atoms with van der Waals surface area (Å²) in [5.41, 5.74) is 3.18. The number of rotatable bonds is 21. The number of hydrogen-bond acceptors (Lipinski definition) is 6. The number of benzene rings is 3. The van der Waals surface area contributed by atoms with E-state index < -0.39 is 10.0 Å². The highest BCUT2D eigenvalue weighted by atomic mass is 32.2. The molecule has 0 aliphatic heterocycles. The molecule has 8 heteroatoms. The molecule has 0 atom stereocenters. The molecule has 0 aromatic heterocycles. The molecule has 0 fully saturated rings. The van der Waals surface area contributed by atoms with Crippen LogP contribution in [0.15, 0.2) is 76.7 Å². The van der Waals surface area contributed by atoms with Crippen LogP contribution in [0.1, 0.15) is 113 Å². The minimum atomic E-state index is -3.92. The average molecular weight is 632 g/mol. The van der Waals surface area contributed by atoms with Gasteiger partial charge in [0.2, 0.25) is 0 Å². The maximum atomic E-state index is 13.1. The Morgan fingerprint density at radius 1 is 0.711 bits per heavy atom. The molecule has 0 unspecified atom stereocenters. The second-order valence-electron chi connectivity index (χ2n) is 11.5. The molecule has 0 bridgehead atoms. The molecular formula is C37H49N3O4S. The molecule has 0 heterocycles. The molecule has 0 aliphatic carbocycles. The highest BCUT2D eigenvalue weighted by Crippen LogP contribution is 2.30. The van der Waals surface area contributed by atoms with E-state index in [1.54, 1.807) is 48.5 Å². The van der Waals surface area contributed by atoms with Crippen molar-refractivity contribution in [2.45, 2.75) is 103 Å². The summed E-state index contributed by atoms with van der Waals surface area (Å²) >= 11 is 0. The smallest absolute Gasteiger partial charge is 0.276 e. The Kier molecular flexibility index (Phi) is 15.5. The maximum absolute atomic E-state index is 13.1. The lowest BCUT2D eigenvalue weighted by Gasteiger charge is -2.16. The summed E-state index contributed by atoms with van der Waals surface area (Å²) in [6, 6.07) is 21.2. The molecule has 0 amide bonds. The largest absolute Gasteiger partial charge is 0.490 e. The predicted octanol–water partition coefficient (Wildman–Crippen LogP) is 9.08. The number of ether oxygens (including phenoxy) is 2. The van der Waals surface area contributed by atoms with E-state index in [1.807, 2.05) is 25.1 Å². The van der Waals surface area contributed by atoms with Crippen LogP contribution in [0.2, 0.25) is 0 Å². The first-order chi connectivity index (χ1) is 21.9. The zero-order valence-electron chi connectivity index (χ0n) is 27.2. The fraction of sp³-hybridized carbons (Fsp3) is 0.459. The Labute approximate surface area is 270 Å². The van der Waals surface area contributed by atoms with E-state index in [9.17, 15) is 13.7 Å². The number of nitrogens with zero attached hydrogens (tertiary/aromatic N) is 2. The summed E-state index contributed by atoms with van der Waals surface area (Å²) in [6.07, 6.45) is 14.0. The van der Waals surface area contributed by atoms with Crippen molar-refractivity contribution in [3.8, 4) is 17.6 Å². The van der Waals surface area contributed by atoms with Crippen LogP contribution in [-0.4, -0.2) is 27.3 Å². The standard InChI is InChI=1S/C37H49N3O4S/c1-4-6-8-10-12-14-26-43-35-25-22-33(28-36(35)44-27-15-13-11-9-7-5-2)37(32-20-18-31(29-38)19-21-32)39-40-45(41,42)34-23-16-30(3)17-24-34/h16-25,28,40H,4-15,26-27H2,1-3H3/b39-37+. The van der Waals surface area contributed by atoms with Crippen molar-refractivity contribution in [1.29, 1.82) is 5.26 Å². The third kappa shape index (κ3) is 12.2. The third-order valence-corrected chi connectivity index (χ3v) is 8.85. The van der Waals surface area contributed by atoms with E-state index in [2.05, 4.69) is 29.8 Å². The van der Waals surface area contributed by atoms with Crippen LogP contribution in [0.3, 0.4) is 0 Å². The highest BCUT2D eigenvalue weighted by molar-refractivity contribution is 7.89. The van der Waals surface area contributed by atoms with Gasteiger partial charge in [-0.25, -0.2) is 0 Å². The molecule has 0 radical (unpaired) electrons. The number of hydrogen-bond donors (Lipinski definition) is 1. The Morgan fingerprint density at radius 2 is 1.24 bits per heavy atom. The van der Waals surface area contributed by atoms with Gasteiger partial charge in [-0.15, -0.1) is 0 Å². The zero-order valence-corrected chi connectivity index (χ0v) is 28.0. The summed E-state index contributed by atoms with van der Waals surface area (Å²) in [5, 5.41) is 13.7. The number of nitrogens with one attached hydrogen (secondary N) is 1. The number of sulfonamides is 1. The van der Waals surface area contributed by atoms with Gasteiger partial charge >= 0.3 is 0 Å². The van der Waals surface area contributed by atoms with Gasteiger partial charge in [-0.1, -0.05) is 108 Å². The normalized spacial score (nSPS) is 11.6. The third-order valence-electron chi connectivity index (χ3n) is 7.62. The average Bonchev–Trinajstić information content (AvgIpc) is 3.05. The van der Waals surface area contributed by atoms with Crippen molar-refractivity contribution in [3.63, 3.8) is 0 Å². The Bertz CT molecular complexity index is 1480. The van der Waals surface area contributed by atoms with Crippen LogP contribution in [0, 0.1) is 18.3 Å². The molecule has 1 N–H and O–H groups in total. The van der Waals surface area contributed by atoms with Crippen LogP contribution in [0.25, 0.3) is 0 Å². The molecule has 0 aliphatic rings. The van der Waals surface area contributed by atoms with E-state index in [0.717, 1.165) is 31.2 Å². The zero-order chi connectivity index (χ0) is 32.3. The van der Waals surface area contributed by atoms with E-state index in [-0.39, 0.29) is 4.90 Å². The number of unbranched alkanes of at least 4 members (excludes halogenated alkanes) is 10. The van der Waals surface area contributed by atoms with Crippen molar-refractivity contribution in [2.24, 2.45) is 5.10 Å². The molecule has 0 saturated carbocycles. The monoisotopic (exact) mass is 631 g/mol. The van der Waals surface area contributed by atoms with Gasteiger partial charge in [-0.2, -0.15) is 23.6 Å². The maximum Gasteiger partial charge on any atom is 0.276 e. The van der Waals surface area contributed by atoms with Gasteiger partial charge < -0.3 is 9.47 Å². The minimum Gasteiger partial charge on any atom is -0.490 e. The molecule has 45 heavy (non-hydrogen) atoms. The molecular weight excluding hydrogens is 582 g/mol. The van der Waals surface area contributed by atoms with Crippen molar-refractivity contribution >= 4 is 15.7 Å². The van der Waals surface area contributed by atoms with Crippen LogP contribution in [0.5, 0.6) is 11.5 Å². The molecule has 0 spiro atoms. The van der Waals surface area contributed by atoms with Crippen molar-refractivity contribution in [3.05, 3.63) is 89.0 Å². The Hall–Kier alpha value is -3.83. The van der Waals surface area contributed by atoms with Crippen molar-refractivity contribution in [1.82, 2.24) is 4.83 Å². The molecule has 7 nitrogen and oxygen atoms in total. The summed E-state index contributed by atoms with van der Waals surface area (Å²) < 4.78 is 38.7. The van der Waals surface area contributed by atoms with E-state index in [0.29, 0.717) is 47.1 Å². The molecule has 242 valence electrons.